The maximum atomic E-state index is 13.4. The standard InChI is InChI=1S/C75H129NO18/c1-3-5-7-9-11-13-15-17-19-20-21-22-23-24-25-26-27-28-29-30-31-32-33-34-35-36-37-38-39-41-43-45-47-49-51-53-63(81)76-58(59(80)52-50-48-46-44-42-40-18-16-14-12-10-8-6-4-2)57-89-73-69(87)66(84)71(61(55-78)91-73)94-75-70(88)67(85)72(62(56-79)92-75)93-74-68(86)65(83)64(82)60(54-77)90-74/h5,7,11,13-14,16-17,19,21-22,24-25,42,44,50,52,58-62,64-75,77-80,82-88H,3-4,6,8-10,12,15,18,20,23,26-41,43,45-49,51,53-57H2,1-2H3,(H,76,81)/b7-5-,13-11-,16-14+,19-17-,22-21-,25-24-,44-42+,52-50+. The Bertz CT molecular complexity index is 2080. The van der Waals surface area contributed by atoms with E-state index in [0.717, 1.165) is 77.0 Å². The lowest BCUT2D eigenvalue weighted by atomic mass is 9.96. The Hall–Kier alpha value is -3.29. The Morgan fingerprint density at radius 2 is 0.745 bits per heavy atom. The van der Waals surface area contributed by atoms with Gasteiger partial charge in [0.05, 0.1) is 38.6 Å². The molecule has 3 saturated heterocycles. The van der Waals surface area contributed by atoms with Crippen LogP contribution in [0.25, 0.3) is 0 Å². The molecule has 0 aromatic carbocycles. The summed E-state index contributed by atoms with van der Waals surface area (Å²) in [7, 11) is 0. The summed E-state index contributed by atoms with van der Waals surface area (Å²) in [5.41, 5.74) is 0. The molecule has 0 spiro atoms. The van der Waals surface area contributed by atoms with Crippen LogP contribution in [0.5, 0.6) is 0 Å². The third-order valence-corrected chi connectivity index (χ3v) is 17.6. The summed E-state index contributed by atoms with van der Waals surface area (Å²) in [5.74, 6) is -0.291. The third-order valence-electron chi connectivity index (χ3n) is 17.6. The largest absolute Gasteiger partial charge is 0.394 e. The Kier molecular flexibility index (Phi) is 50.2. The predicted octanol–water partition coefficient (Wildman–Crippen LogP) is 10.4. The minimum atomic E-state index is -1.98. The van der Waals surface area contributed by atoms with Crippen molar-refractivity contribution in [1.29, 1.82) is 0 Å². The molecule has 0 radical (unpaired) electrons. The van der Waals surface area contributed by atoms with Gasteiger partial charge in [-0.1, -0.05) is 239 Å². The third kappa shape index (κ3) is 36.5. The van der Waals surface area contributed by atoms with E-state index in [0.29, 0.717) is 12.8 Å². The summed E-state index contributed by atoms with van der Waals surface area (Å²) in [4.78, 5) is 13.4. The maximum absolute atomic E-state index is 13.4. The van der Waals surface area contributed by atoms with Crippen LogP contribution in [0, 0.1) is 0 Å². The molecular weight excluding hydrogens is 1200 g/mol. The smallest absolute Gasteiger partial charge is 0.220 e. The minimum Gasteiger partial charge on any atom is -0.394 e. The second-order valence-corrected chi connectivity index (χ2v) is 25.6. The van der Waals surface area contributed by atoms with Gasteiger partial charge in [-0.05, 0) is 89.9 Å². The number of amides is 1. The van der Waals surface area contributed by atoms with Gasteiger partial charge in [-0.25, -0.2) is 0 Å². The van der Waals surface area contributed by atoms with E-state index in [2.05, 4.69) is 104 Å². The van der Waals surface area contributed by atoms with Crippen molar-refractivity contribution in [3.05, 3.63) is 97.2 Å². The predicted molar refractivity (Wildman–Crippen MR) is 369 cm³/mol. The highest BCUT2D eigenvalue weighted by Crippen LogP contribution is 2.33. The topological polar surface area (TPSA) is 307 Å². The monoisotopic (exact) mass is 1330 g/mol. The van der Waals surface area contributed by atoms with E-state index in [1.807, 2.05) is 6.08 Å². The van der Waals surface area contributed by atoms with Crippen molar-refractivity contribution in [2.45, 2.75) is 343 Å². The zero-order chi connectivity index (χ0) is 68.2. The second kappa shape index (κ2) is 55.6. The Morgan fingerprint density at radius 3 is 1.19 bits per heavy atom. The first-order valence-corrected chi connectivity index (χ1v) is 36.5. The molecule has 3 aliphatic heterocycles. The molecule has 19 nitrogen and oxygen atoms in total. The van der Waals surface area contributed by atoms with E-state index in [9.17, 15) is 61.0 Å². The van der Waals surface area contributed by atoms with Gasteiger partial charge in [0.15, 0.2) is 18.9 Å². The average Bonchev–Trinajstić information content (AvgIpc) is 0.792. The normalized spacial score (nSPS) is 27.9. The van der Waals surface area contributed by atoms with Gasteiger partial charge in [-0.3, -0.25) is 4.79 Å². The number of hydrogen-bond acceptors (Lipinski definition) is 18. The van der Waals surface area contributed by atoms with Gasteiger partial charge >= 0.3 is 0 Å². The Labute approximate surface area is 564 Å². The summed E-state index contributed by atoms with van der Waals surface area (Å²) < 4.78 is 34.3. The van der Waals surface area contributed by atoms with Crippen molar-refractivity contribution in [3.63, 3.8) is 0 Å². The highest BCUT2D eigenvalue weighted by molar-refractivity contribution is 5.76. The van der Waals surface area contributed by atoms with Gasteiger partial charge in [0.25, 0.3) is 0 Å². The fourth-order valence-corrected chi connectivity index (χ4v) is 11.7. The number of allylic oxidation sites excluding steroid dienone is 15. The van der Waals surface area contributed by atoms with E-state index in [-0.39, 0.29) is 18.9 Å². The first-order valence-electron chi connectivity index (χ1n) is 36.5. The van der Waals surface area contributed by atoms with Crippen LogP contribution < -0.4 is 5.32 Å². The van der Waals surface area contributed by atoms with Crippen LogP contribution in [-0.2, 0) is 33.2 Å². The van der Waals surface area contributed by atoms with Crippen LogP contribution in [-0.4, -0.2) is 193 Å². The van der Waals surface area contributed by atoms with Crippen LogP contribution >= 0.6 is 0 Å². The molecule has 19 heteroatoms. The molecule has 0 aromatic rings. The summed E-state index contributed by atoms with van der Waals surface area (Å²) in [5, 5.41) is 120. The number of aliphatic hydroxyl groups is 11. The molecule has 3 fully saturated rings. The van der Waals surface area contributed by atoms with Crippen LogP contribution in [0.1, 0.15) is 239 Å². The number of carbonyl (C=O) groups is 1. The fourth-order valence-electron chi connectivity index (χ4n) is 11.7. The van der Waals surface area contributed by atoms with E-state index in [4.69, 9.17) is 28.4 Å². The van der Waals surface area contributed by atoms with Crippen molar-refractivity contribution in [3.8, 4) is 0 Å². The van der Waals surface area contributed by atoms with Crippen molar-refractivity contribution >= 4 is 5.91 Å². The number of aliphatic hydroxyl groups excluding tert-OH is 11. The summed E-state index contributed by atoms with van der Waals surface area (Å²) in [6, 6.07) is -0.999. The van der Waals surface area contributed by atoms with Gasteiger partial charge in [0, 0.05) is 6.42 Å². The summed E-state index contributed by atoms with van der Waals surface area (Å²) in [6.45, 7) is 1.56. The molecule has 3 rings (SSSR count). The second-order valence-electron chi connectivity index (χ2n) is 25.6. The molecule has 12 N–H and O–H groups in total. The molecule has 542 valence electrons. The SMILES string of the molecule is CC/C=C\C/C=C\C/C=C\C/C=C\C/C=C\CCCCCCCCCCCCCCCCCCCCCC(=O)NC(COC1OC(CO)C(OC2OC(CO)C(OC3OC(CO)C(O)C(O)C3O)C(O)C2O)C(O)C1O)C(O)/C=C/CC/C=C/CC/C=C/CCCCCC. The van der Waals surface area contributed by atoms with Crippen LogP contribution in [0.4, 0.5) is 0 Å². The van der Waals surface area contributed by atoms with E-state index in [1.54, 1.807) is 6.08 Å². The lowest BCUT2D eigenvalue weighted by molar-refractivity contribution is -0.379. The Morgan fingerprint density at radius 1 is 0.394 bits per heavy atom. The number of carbonyl (C=O) groups excluding carboxylic acids is 1. The van der Waals surface area contributed by atoms with E-state index < -0.39 is 124 Å². The van der Waals surface area contributed by atoms with Gasteiger partial charge < -0.3 is 89.9 Å². The number of ether oxygens (including phenoxy) is 6. The lowest BCUT2D eigenvalue weighted by Gasteiger charge is -2.48. The average molecular weight is 1330 g/mol. The molecule has 3 heterocycles. The van der Waals surface area contributed by atoms with Gasteiger partial charge in [-0.15, -0.1) is 0 Å². The van der Waals surface area contributed by atoms with Gasteiger partial charge in [-0.2, -0.15) is 0 Å². The molecule has 17 atom stereocenters. The number of rotatable bonds is 55. The molecule has 0 saturated carbocycles. The van der Waals surface area contributed by atoms with Crippen LogP contribution in [0.3, 0.4) is 0 Å². The van der Waals surface area contributed by atoms with Crippen LogP contribution in [0.2, 0.25) is 0 Å². The van der Waals surface area contributed by atoms with Crippen molar-refractivity contribution in [1.82, 2.24) is 5.32 Å². The molecule has 94 heavy (non-hydrogen) atoms. The van der Waals surface area contributed by atoms with E-state index >= 15 is 0 Å². The van der Waals surface area contributed by atoms with Crippen molar-refractivity contribution in [2.24, 2.45) is 0 Å². The zero-order valence-corrected chi connectivity index (χ0v) is 57.4. The van der Waals surface area contributed by atoms with Crippen LogP contribution in [0.15, 0.2) is 97.2 Å². The summed E-state index contributed by atoms with van der Waals surface area (Å²) >= 11 is 0. The highest BCUT2D eigenvalue weighted by Gasteiger charge is 2.53. The molecule has 0 bridgehead atoms. The summed E-state index contributed by atoms with van der Waals surface area (Å²) in [6.07, 6.45) is 46.9. The molecule has 17 unspecified atom stereocenters. The fraction of sp³-hybridized carbons (Fsp3) is 0.773. The molecule has 1 amide bonds. The molecule has 0 aliphatic carbocycles. The number of unbranched alkanes of at least 4 members (excludes halogenated alkanes) is 25. The zero-order valence-electron chi connectivity index (χ0n) is 57.4. The quantitative estimate of drug-likeness (QED) is 0.0199. The molecule has 0 aromatic heterocycles. The maximum Gasteiger partial charge on any atom is 0.220 e. The van der Waals surface area contributed by atoms with Gasteiger partial charge in [0.2, 0.25) is 5.91 Å². The van der Waals surface area contributed by atoms with Gasteiger partial charge in [0.1, 0.15) is 73.2 Å². The molecule has 3 aliphatic rings. The first kappa shape index (κ1) is 84.9. The number of hydrogen-bond donors (Lipinski definition) is 12. The first-order chi connectivity index (χ1) is 45.8. The Balaban J connectivity index is 1.35. The molecular formula is C75H129NO18. The number of nitrogens with one attached hydrogen (secondary N) is 1. The lowest BCUT2D eigenvalue weighted by Crippen LogP contribution is -2.66. The van der Waals surface area contributed by atoms with Crippen molar-refractivity contribution < 1.29 is 89.4 Å². The minimum absolute atomic E-state index is 0.229. The van der Waals surface area contributed by atoms with E-state index in [1.165, 1.54) is 128 Å². The van der Waals surface area contributed by atoms with Crippen molar-refractivity contribution in [2.75, 3.05) is 26.4 Å². The highest BCUT2D eigenvalue weighted by atomic mass is 16.8.